The highest BCUT2D eigenvalue weighted by Gasteiger charge is 2.18. The van der Waals surface area contributed by atoms with E-state index in [4.69, 9.17) is 4.98 Å². The van der Waals surface area contributed by atoms with E-state index in [-0.39, 0.29) is 0 Å². The summed E-state index contributed by atoms with van der Waals surface area (Å²) in [5, 5.41) is 2.52. The first-order valence-electron chi connectivity index (χ1n) is 20.9. The van der Waals surface area contributed by atoms with E-state index in [1.54, 1.807) is 0 Å². The molecule has 0 aliphatic carbocycles. The van der Waals surface area contributed by atoms with Gasteiger partial charge in [0.2, 0.25) is 0 Å². The zero-order valence-electron chi connectivity index (χ0n) is 34.1. The molecule has 0 saturated carbocycles. The van der Waals surface area contributed by atoms with E-state index < -0.39 is 0 Å². The normalized spacial score (nSPS) is 11.4. The number of nitrogens with zero attached hydrogens (tertiary/aromatic N) is 4. The number of anilines is 3. The molecule has 0 spiro atoms. The molecule has 290 valence electrons. The molecule has 2 heterocycles. The Morgan fingerprint density at radius 3 is 1.38 bits per heavy atom. The zero-order chi connectivity index (χ0) is 40.9. The van der Waals surface area contributed by atoms with Crippen LogP contribution in [0.1, 0.15) is 11.1 Å². The van der Waals surface area contributed by atoms with Crippen LogP contribution in [0, 0.1) is 13.8 Å². The molecule has 0 N–H and O–H groups in total. The second-order valence-electron chi connectivity index (χ2n) is 15.9. The van der Waals surface area contributed by atoms with Crippen LogP contribution in [0.2, 0.25) is 0 Å². The Bertz CT molecular complexity index is 3240. The number of hydrogen-bond acceptors (Lipinski definition) is 2. The van der Waals surface area contributed by atoms with Crippen LogP contribution in [0.5, 0.6) is 0 Å². The van der Waals surface area contributed by atoms with Crippen LogP contribution in [0.25, 0.3) is 77.9 Å². The topological polar surface area (TPSA) is 26.0 Å². The van der Waals surface area contributed by atoms with Crippen molar-refractivity contribution in [3.05, 3.63) is 230 Å². The summed E-state index contributed by atoms with van der Waals surface area (Å²) in [6.45, 7) is 4.28. The van der Waals surface area contributed by atoms with Gasteiger partial charge in [0.05, 0.1) is 22.1 Å². The molecule has 4 nitrogen and oxygen atoms in total. The van der Waals surface area contributed by atoms with Gasteiger partial charge in [-0.2, -0.15) is 0 Å². The molecule has 0 aliphatic heterocycles. The Morgan fingerprint density at radius 2 is 0.803 bits per heavy atom. The standard InChI is InChI=1S/C57H42N4/c1-39-20-30-47(31-21-39)59(48-32-22-40(2)23-33-48)50-37-44(41-24-26-43(27-25-41)57-58-53-16-8-11-19-56(53)61(57)46-12-4-3-5-13-46)36-45(38-50)42-28-34-49(35-29-42)60-54-17-9-6-14-51(54)52-15-7-10-18-55(52)60/h3-38H,1-2H3. The van der Waals surface area contributed by atoms with Gasteiger partial charge < -0.3 is 9.47 Å². The molecule has 2 aromatic heterocycles. The van der Waals surface area contributed by atoms with Gasteiger partial charge in [-0.05, 0) is 127 Å². The predicted molar refractivity (Wildman–Crippen MR) is 256 cm³/mol. The molecule has 0 aliphatic rings. The van der Waals surface area contributed by atoms with Crippen LogP contribution < -0.4 is 4.90 Å². The first-order chi connectivity index (χ1) is 30.1. The molecule has 0 fully saturated rings. The number of hydrogen-bond donors (Lipinski definition) is 0. The third-order valence-corrected chi connectivity index (χ3v) is 11.9. The number of imidazole rings is 1. The second-order valence-corrected chi connectivity index (χ2v) is 15.9. The molecular formula is C57H42N4. The summed E-state index contributed by atoms with van der Waals surface area (Å²) in [4.78, 5) is 7.52. The summed E-state index contributed by atoms with van der Waals surface area (Å²) >= 11 is 0. The van der Waals surface area contributed by atoms with E-state index in [2.05, 4.69) is 246 Å². The van der Waals surface area contributed by atoms with Crippen molar-refractivity contribution < 1.29 is 0 Å². The Hall–Kier alpha value is -7.95. The fraction of sp³-hybridized carbons (Fsp3) is 0.0351. The monoisotopic (exact) mass is 782 g/mol. The number of para-hydroxylation sites is 5. The lowest BCUT2D eigenvalue weighted by molar-refractivity contribution is 1.10. The van der Waals surface area contributed by atoms with Gasteiger partial charge in [0.1, 0.15) is 5.82 Å². The minimum absolute atomic E-state index is 0.918. The lowest BCUT2D eigenvalue weighted by Crippen LogP contribution is -2.10. The smallest absolute Gasteiger partial charge is 0.145 e. The van der Waals surface area contributed by atoms with Crippen molar-refractivity contribution in [1.29, 1.82) is 0 Å². The lowest BCUT2D eigenvalue weighted by Gasteiger charge is -2.27. The fourth-order valence-corrected chi connectivity index (χ4v) is 8.78. The Balaban J connectivity index is 1.06. The van der Waals surface area contributed by atoms with E-state index in [9.17, 15) is 0 Å². The quantitative estimate of drug-likeness (QED) is 0.153. The number of benzene rings is 9. The van der Waals surface area contributed by atoms with Crippen LogP contribution >= 0.6 is 0 Å². The fourth-order valence-electron chi connectivity index (χ4n) is 8.78. The Labute approximate surface area is 355 Å². The third-order valence-electron chi connectivity index (χ3n) is 11.9. The second kappa shape index (κ2) is 15.0. The van der Waals surface area contributed by atoms with Crippen LogP contribution in [-0.4, -0.2) is 14.1 Å². The predicted octanol–water partition coefficient (Wildman–Crippen LogP) is 15.2. The van der Waals surface area contributed by atoms with Gasteiger partial charge in [-0.15, -0.1) is 0 Å². The van der Waals surface area contributed by atoms with Crippen LogP contribution in [0.15, 0.2) is 218 Å². The van der Waals surface area contributed by atoms with E-state index >= 15 is 0 Å². The number of fused-ring (bicyclic) bond motifs is 4. The van der Waals surface area contributed by atoms with Crippen molar-refractivity contribution in [2.45, 2.75) is 13.8 Å². The molecule has 4 heteroatoms. The molecule has 0 saturated heterocycles. The molecule has 0 unspecified atom stereocenters. The lowest BCUT2D eigenvalue weighted by atomic mass is 9.96. The molecule has 11 aromatic rings. The van der Waals surface area contributed by atoms with Gasteiger partial charge in [0.15, 0.2) is 0 Å². The van der Waals surface area contributed by atoms with E-state index in [0.717, 1.165) is 73.1 Å². The summed E-state index contributed by atoms with van der Waals surface area (Å²) in [6, 6.07) is 78.8. The highest BCUT2D eigenvalue weighted by molar-refractivity contribution is 6.09. The minimum Gasteiger partial charge on any atom is -0.310 e. The number of aromatic nitrogens is 3. The van der Waals surface area contributed by atoms with Crippen LogP contribution in [-0.2, 0) is 0 Å². The molecule has 0 atom stereocenters. The van der Waals surface area contributed by atoms with Gasteiger partial charge in [-0.25, -0.2) is 4.98 Å². The summed E-state index contributed by atoms with van der Waals surface area (Å²) < 4.78 is 4.63. The first kappa shape index (κ1) is 36.2. The molecular weight excluding hydrogens is 741 g/mol. The van der Waals surface area contributed by atoms with Crippen molar-refractivity contribution in [1.82, 2.24) is 14.1 Å². The zero-order valence-corrected chi connectivity index (χ0v) is 34.1. The first-order valence-corrected chi connectivity index (χ1v) is 20.9. The highest BCUT2D eigenvalue weighted by atomic mass is 15.1. The molecule has 0 radical (unpaired) electrons. The van der Waals surface area contributed by atoms with Crippen molar-refractivity contribution in [2.24, 2.45) is 0 Å². The molecule has 0 amide bonds. The van der Waals surface area contributed by atoms with Gasteiger partial charge in [0.25, 0.3) is 0 Å². The van der Waals surface area contributed by atoms with Gasteiger partial charge in [0, 0.05) is 44.8 Å². The van der Waals surface area contributed by atoms with E-state index in [1.807, 2.05) is 0 Å². The largest absolute Gasteiger partial charge is 0.310 e. The summed E-state index contributed by atoms with van der Waals surface area (Å²) in [5.74, 6) is 0.918. The van der Waals surface area contributed by atoms with Gasteiger partial charge in [-0.3, -0.25) is 4.57 Å². The van der Waals surface area contributed by atoms with Crippen LogP contribution in [0.3, 0.4) is 0 Å². The third kappa shape index (κ3) is 6.55. The number of aryl methyl sites for hydroxylation is 2. The maximum Gasteiger partial charge on any atom is 0.145 e. The minimum atomic E-state index is 0.918. The van der Waals surface area contributed by atoms with Crippen LogP contribution in [0.4, 0.5) is 17.1 Å². The average Bonchev–Trinajstić information content (AvgIpc) is 3.87. The van der Waals surface area contributed by atoms with E-state index in [0.29, 0.717) is 0 Å². The van der Waals surface area contributed by atoms with Crippen molar-refractivity contribution in [3.63, 3.8) is 0 Å². The van der Waals surface area contributed by atoms with Crippen molar-refractivity contribution in [2.75, 3.05) is 4.90 Å². The SMILES string of the molecule is Cc1ccc(N(c2ccc(C)cc2)c2cc(-c3ccc(-c4nc5ccccc5n4-c4ccccc4)cc3)cc(-c3ccc(-n4c5ccccc5c5ccccc54)cc3)c2)cc1. The van der Waals surface area contributed by atoms with Crippen molar-refractivity contribution in [3.8, 4) is 45.0 Å². The summed E-state index contributed by atoms with van der Waals surface area (Å²) in [7, 11) is 0. The molecule has 0 bridgehead atoms. The number of rotatable bonds is 8. The highest BCUT2D eigenvalue weighted by Crippen LogP contribution is 2.41. The molecule has 61 heavy (non-hydrogen) atoms. The van der Waals surface area contributed by atoms with Gasteiger partial charge in [-0.1, -0.05) is 139 Å². The Kier molecular flexibility index (Phi) is 8.90. The summed E-state index contributed by atoms with van der Waals surface area (Å²) in [5.41, 5.74) is 18.0. The molecule has 9 aromatic carbocycles. The van der Waals surface area contributed by atoms with Crippen molar-refractivity contribution >= 4 is 49.9 Å². The average molecular weight is 783 g/mol. The van der Waals surface area contributed by atoms with E-state index in [1.165, 1.54) is 32.9 Å². The van der Waals surface area contributed by atoms with Gasteiger partial charge >= 0.3 is 0 Å². The maximum absolute atomic E-state index is 5.15. The summed E-state index contributed by atoms with van der Waals surface area (Å²) in [6.07, 6.45) is 0. The maximum atomic E-state index is 5.15. The Morgan fingerprint density at radius 1 is 0.344 bits per heavy atom. The molecule has 11 rings (SSSR count).